The van der Waals surface area contributed by atoms with Crippen molar-refractivity contribution < 1.29 is 9.59 Å². The summed E-state index contributed by atoms with van der Waals surface area (Å²) in [6.45, 7) is 4.06. The summed E-state index contributed by atoms with van der Waals surface area (Å²) in [7, 11) is 3.68. The number of Topliss-reactive ketones (excluding diaryl/α,β-unsaturated/α-hetero) is 1. The Morgan fingerprint density at radius 3 is 1.90 bits per heavy atom. The van der Waals surface area contributed by atoms with E-state index in [1.54, 1.807) is 4.90 Å². The molecule has 0 spiro atoms. The van der Waals surface area contributed by atoms with Crippen LogP contribution in [0.2, 0.25) is 0 Å². The summed E-state index contributed by atoms with van der Waals surface area (Å²) in [6, 6.07) is 30.7. The van der Waals surface area contributed by atoms with Gasteiger partial charge >= 0.3 is 0 Å². The van der Waals surface area contributed by atoms with E-state index in [-0.39, 0.29) is 23.7 Å². The van der Waals surface area contributed by atoms with Crippen molar-refractivity contribution in [3.8, 4) is 0 Å². The molecule has 212 valence electrons. The van der Waals surface area contributed by atoms with Crippen LogP contribution in [0.4, 0.5) is 0 Å². The smallest absolute Gasteiger partial charge is 0.237 e. The number of benzene rings is 3. The lowest BCUT2D eigenvalue weighted by Gasteiger charge is -2.42. The Balaban J connectivity index is 1.42. The van der Waals surface area contributed by atoms with Crippen molar-refractivity contribution in [1.82, 2.24) is 30.0 Å². The Morgan fingerprint density at radius 1 is 0.854 bits per heavy atom. The van der Waals surface area contributed by atoms with E-state index in [9.17, 15) is 9.59 Å². The zero-order valence-electron chi connectivity index (χ0n) is 24.1. The third kappa shape index (κ3) is 5.70. The fourth-order valence-electron chi connectivity index (χ4n) is 6.22. The minimum absolute atomic E-state index is 0.00915. The van der Waals surface area contributed by atoms with Gasteiger partial charge in [0.25, 0.3) is 0 Å². The number of likely N-dealkylation sites (tertiary alicyclic amines) is 1. The van der Waals surface area contributed by atoms with Crippen molar-refractivity contribution >= 4 is 11.7 Å². The predicted octanol–water partition coefficient (Wildman–Crippen LogP) is 4.11. The molecule has 3 aromatic carbocycles. The fourth-order valence-corrected chi connectivity index (χ4v) is 6.22. The molecule has 1 aliphatic heterocycles. The van der Waals surface area contributed by atoms with Crippen LogP contribution in [-0.4, -0.2) is 75.4 Å². The first-order chi connectivity index (χ1) is 19.8. The molecule has 1 fully saturated rings. The number of amides is 1. The first kappa shape index (κ1) is 28.4. The van der Waals surface area contributed by atoms with Gasteiger partial charge in [0, 0.05) is 14.1 Å². The van der Waals surface area contributed by atoms with Gasteiger partial charge in [-0.2, -0.15) is 4.80 Å². The predicted molar refractivity (Wildman–Crippen MR) is 158 cm³/mol. The molecule has 0 N–H and O–H groups in total. The molecule has 2 heterocycles. The Bertz CT molecular complexity index is 1410. The van der Waals surface area contributed by atoms with Gasteiger partial charge in [0.15, 0.2) is 11.6 Å². The van der Waals surface area contributed by atoms with Crippen molar-refractivity contribution in [3.05, 3.63) is 114 Å². The van der Waals surface area contributed by atoms with Crippen molar-refractivity contribution in [3.63, 3.8) is 0 Å². The minimum atomic E-state index is -0.795. The molecule has 8 nitrogen and oxygen atoms in total. The maximum atomic E-state index is 14.0. The van der Waals surface area contributed by atoms with E-state index in [0.29, 0.717) is 12.2 Å². The number of ketones is 1. The van der Waals surface area contributed by atoms with Gasteiger partial charge < -0.3 is 9.80 Å². The van der Waals surface area contributed by atoms with Crippen molar-refractivity contribution in [2.24, 2.45) is 0 Å². The second kappa shape index (κ2) is 12.1. The van der Waals surface area contributed by atoms with E-state index in [1.165, 1.54) is 11.7 Å². The van der Waals surface area contributed by atoms with E-state index in [2.05, 4.69) is 56.7 Å². The summed E-state index contributed by atoms with van der Waals surface area (Å²) >= 11 is 0. The van der Waals surface area contributed by atoms with Crippen LogP contribution >= 0.6 is 0 Å². The van der Waals surface area contributed by atoms with Gasteiger partial charge in [0.2, 0.25) is 5.91 Å². The second-order valence-corrected chi connectivity index (χ2v) is 11.2. The van der Waals surface area contributed by atoms with Gasteiger partial charge in [-0.1, -0.05) is 91.0 Å². The lowest BCUT2D eigenvalue weighted by atomic mass is 9.70. The first-order valence-electron chi connectivity index (χ1n) is 14.2. The molecule has 0 saturated carbocycles. The monoisotopic (exact) mass is 550 g/mol. The Labute approximate surface area is 242 Å². The molecule has 1 saturated heterocycles. The number of carbonyl (C=O) groups is 2. The first-order valence-corrected chi connectivity index (χ1v) is 14.2. The molecule has 0 atom stereocenters. The third-order valence-electron chi connectivity index (χ3n) is 8.39. The molecule has 1 aromatic heterocycles. The van der Waals surface area contributed by atoms with E-state index in [4.69, 9.17) is 0 Å². The lowest BCUT2D eigenvalue weighted by molar-refractivity contribution is -0.133. The highest BCUT2D eigenvalue weighted by molar-refractivity contribution is 5.92. The molecule has 8 heteroatoms. The van der Waals surface area contributed by atoms with Crippen LogP contribution in [0.1, 0.15) is 48.7 Å². The average Bonchev–Trinajstić information content (AvgIpc) is 3.47. The highest BCUT2D eigenvalue weighted by Gasteiger charge is 2.45. The molecule has 0 unspecified atom stereocenters. The van der Waals surface area contributed by atoms with E-state index < -0.39 is 5.41 Å². The maximum absolute atomic E-state index is 14.0. The largest absolute Gasteiger partial charge is 0.348 e. The van der Waals surface area contributed by atoms with Crippen LogP contribution in [-0.2, 0) is 27.0 Å². The molecular weight excluding hydrogens is 512 g/mol. The zero-order chi connectivity index (χ0) is 28.9. The number of aromatic nitrogens is 4. The number of likely N-dealkylation sites (N-methyl/N-ethyl adjacent to an activating group) is 1. The highest BCUT2D eigenvalue weighted by atomic mass is 16.2. The normalized spacial score (nSPS) is 15.4. The standard InChI is InChI=1S/C33H38N6O2/c1-26(40)25-39-35-30(34-36-39)32(27-13-7-4-8-14-27)19-22-38(23-20-32)24-21-33(31(41)37(2)3,28-15-9-5-10-16-28)29-17-11-6-12-18-29/h4-18H,19-25H2,1-3H3. The Morgan fingerprint density at radius 2 is 1.39 bits per heavy atom. The molecule has 5 rings (SSSR count). The van der Waals surface area contributed by atoms with Crippen LogP contribution < -0.4 is 0 Å². The maximum Gasteiger partial charge on any atom is 0.237 e. The number of hydrogen-bond acceptors (Lipinski definition) is 6. The van der Waals surface area contributed by atoms with Crippen LogP contribution in [0, 0.1) is 0 Å². The quantitative estimate of drug-likeness (QED) is 0.296. The van der Waals surface area contributed by atoms with Gasteiger partial charge in [0.1, 0.15) is 12.0 Å². The molecule has 1 aliphatic rings. The van der Waals surface area contributed by atoms with Crippen LogP contribution in [0.3, 0.4) is 0 Å². The minimum Gasteiger partial charge on any atom is -0.348 e. The number of tetrazole rings is 1. The molecule has 1 amide bonds. The molecule has 0 aliphatic carbocycles. The summed E-state index contributed by atoms with van der Waals surface area (Å²) in [4.78, 5) is 31.3. The van der Waals surface area contributed by atoms with Crippen LogP contribution in [0.5, 0.6) is 0 Å². The number of carbonyl (C=O) groups excluding carboxylic acids is 2. The molecule has 0 radical (unpaired) electrons. The number of rotatable bonds is 10. The van der Waals surface area contributed by atoms with Crippen LogP contribution in [0.25, 0.3) is 0 Å². The third-order valence-corrected chi connectivity index (χ3v) is 8.39. The van der Waals surface area contributed by atoms with Crippen LogP contribution in [0.15, 0.2) is 91.0 Å². The van der Waals surface area contributed by atoms with Gasteiger partial charge in [-0.05, 0) is 67.7 Å². The van der Waals surface area contributed by atoms with Crippen molar-refractivity contribution in [2.45, 2.75) is 43.6 Å². The van der Waals surface area contributed by atoms with E-state index >= 15 is 0 Å². The summed E-state index contributed by atoms with van der Waals surface area (Å²) in [6.07, 6.45) is 2.28. The molecular formula is C33H38N6O2. The highest BCUT2D eigenvalue weighted by Crippen LogP contribution is 2.41. The van der Waals surface area contributed by atoms with Gasteiger partial charge in [-0.15, -0.1) is 10.2 Å². The second-order valence-electron chi connectivity index (χ2n) is 11.2. The van der Waals surface area contributed by atoms with E-state index in [1.807, 2.05) is 68.7 Å². The SMILES string of the molecule is CC(=O)Cn1nnc(C2(c3ccccc3)CCN(CCC(C(=O)N(C)C)(c3ccccc3)c3ccccc3)CC2)n1. The molecule has 41 heavy (non-hydrogen) atoms. The van der Waals surface area contributed by atoms with Gasteiger partial charge in [-0.25, -0.2) is 0 Å². The number of hydrogen-bond donors (Lipinski definition) is 0. The summed E-state index contributed by atoms with van der Waals surface area (Å²) in [5, 5.41) is 13.3. The Kier molecular flexibility index (Phi) is 8.40. The van der Waals surface area contributed by atoms with E-state index in [0.717, 1.165) is 49.2 Å². The zero-order valence-corrected chi connectivity index (χ0v) is 24.1. The summed E-state index contributed by atoms with van der Waals surface area (Å²) in [5.41, 5.74) is 1.99. The topological polar surface area (TPSA) is 84.2 Å². The summed E-state index contributed by atoms with van der Waals surface area (Å²) < 4.78 is 0. The van der Waals surface area contributed by atoms with Gasteiger partial charge in [0.05, 0.1) is 5.41 Å². The Hall–Kier alpha value is -4.17. The van der Waals surface area contributed by atoms with Crippen molar-refractivity contribution in [2.75, 3.05) is 33.7 Å². The number of piperidine rings is 1. The number of nitrogens with zero attached hydrogens (tertiary/aromatic N) is 6. The lowest BCUT2D eigenvalue weighted by Crippen LogP contribution is -2.49. The van der Waals surface area contributed by atoms with Crippen molar-refractivity contribution in [1.29, 1.82) is 0 Å². The fraction of sp³-hybridized carbons (Fsp3) is 0.364. The average molecular weight is 551 g/mol. The summed E-state index contributed by atoms with van der Waals surface area (Å²) in [5.74, 6) is 0.734. The molecule has 0 bridgehead atoms. The van der Waals surface area contributed by atoms with Gasteiger partial charge in [-0.3, -0.25) is 9.59 Å². The molecule has 4 aromatic rings.